The Morgan fingerprint density at radius 1 is 1.07 bits per heavy atom. The van der Waals surface area contributed by atoms with E-state index in [2.05, 4.69) is 46.6 Å². The highest BCUT2D eigenvalue weighted by Crippen LogP contribution is 2.24. The second-order valence-corrected chi connectivity index (χ2v) is 7.49. The van der Waals surface area contributed by atoms with E-state index in [0.717, 1.165) is 26.2 Å². The molecule has 156 valence electrons. The number of nitrogens with zero attached hydrogens (tertiary/aromatic N) is 2. The van der Waals surface area contributed by atoms with E-state index >= 15 is 0 Å². The van der Waals surface area contributed by atoms with E-state index in [1.807, 2.05) is 0 Å². The highest BCUT2D eigenvalue weighted by molar-refractivity contribution is 5.89. The quantitative estimate of drug-likeness (QED) is 0.724. The summed E-state index contributed by atoms with van der Waals surface area (Å²) < 4.78 is 10.3. The number of hydrogen-bond acceptors (Lipinski definition) is 6. The van der Waals surface area contributed by atoms with Gasteiger partial charge in [-0.15, -0.1) is 0 Å². The molecular formula is C23H30N2O4. The maximum Gasteiger partial charge on any atom is 0.337 e. The Hall–Kier alpha value is -2.57. The number of methoxy groups -OCH3 is 1. The van der Waals surface area contributed by atoms with Crippen LogP contribution < -0.4 is 9.64 Å². The third-order valence-corrected chi connectivity index (χ3v) is 5.48. The Morgan fingerprint density at radius 2 is 1.76 bits per heavy atom. The summed E-state index contributed by atoms with van der Waals surface area (Å²) in [7, 11) is 1.35. The minimum atomic E-state index is -0.567. The lowest BCUT2D eigenvalue weighted by molar-refractivity contribution is 0.0599. The zero-order chi connectivity index (χ0) is 20.8. The van der Waals surface area contributed by atoms with Crippen LogP contribution in [0.1, 0.15) is 21.5 Å². The van der Waals surface area contributed by atoms with E-state index in [1.54, 1.807) is 24.3 Å². The topological polar surface area (TPSA) is 62.2 Å². The Bertz CT molecular complexity index is 814. The predicted molar refractivity (Wildman–Crippen MR) is 114 cm³/mol. The van der Waals surface area contributed by atoms with Crippen LogP contribution in [0.25, 0.3) is 0 Å². The van der Waals surface area contributed by atoms with Crippen LogP contribution in [0.2, 0.25) is 0 Å². The van der Waals surface area contributed by atoms with Crippen LogP contribution in [0.3, 0.4) is 0 Å². The molecule has 1 N–H and O–H groups in total. The number of carbonyl (C=O) groups is 1. The van der Waals surface area contributed by atoms with Crippen molar-refractivity contribution in [2.24, 2.45) is 0 Å². The van der Waals surface area contributed by atoms with Crippen molar-refractivity contribution in [1.82, 2.24) is 4.90 Å². The molecule has 6 heteroatoms. The van der Waals surface area contributed by atoms with E-state index in [0.29, 0.717) is 17.9 Å². The number of esters is 1. The molecule has 1 aliphatic heterocycles. The molecule has 0 bridgehead atoms. The zero-order valence-electron chi connectivity index (χ0n) is 17.4. The molecule has 3 rings (SSSR count). The average Bonchev–Trinajstić information content (AvgIpc) is 2.75. The normalized spacial score (nSPS) is 15.8. The van der Waals surface area contributed by atoms with Crippen LogP contribution in [-0.2, 0) is 4.74 Å². The van der Waals surface area contributed by atoms with Crippen molar-refractivity contribution in [1.29, 1.82) is 0 Å². The summed E-state index contributed by atoms with van der Waals surface area (Å²) >= 11 is 0. The van der Waals surface area contributed by atoms with Gasteiger partial charge >= 0.3 is 5.97 Å². The molecule has 1 heterocycles. The molecule has 0 radical (unpaired) electrons. The second-order valence-electron chi connectivity index (χ2n) is 7.49. The van der Waals surface area contributed by atoms with Crippen molar-refractivity contribution in [2.45, 2.75) is 20.0 Å². The number of hydrogen-bond donors (Lipinski definition) is 1. The van der Waals surface area contributed by atoms with Gasteiger partial charge in [-0.1, -0.05) is 12.1 Å². The minimum Gasteiger partial charge on any atom is -0.491 e. The fraction of sp³-hybridized carbons (Fsp3) is 0.435. The van der Waals surface area contributed by atoms with E-state index in [1.165, 1.54) is 23.9 Å². The first-order valence-corrected chi connectivity index (χ1v) is 10.0. The lowest BCUT2D eigenvalue weighted by Crippen LogP contribution is -2.49. The molecule has 0 saturated carbocycles. The van der Waals surface area contributed by atoms with E-state index < -0.39 is 6.10 Å². The van der Waals surface area contributed by atoms with Crippen LogP contribution in [0.15, 0.2) is 42.5 Å². The van der Waals surface area contributed by atoms with Gasteiger partial charge in [0, 0.05) is 38.4 Å². The van der Waals surface area contributed by atoms with Gasteiger partial charge in [0.1, 0.15) is 18.5 Å². The Balaban J connectivity index is 1.43. The van der Waals surface area contributed by atoms with Crippen LogP contribution in [-0.4, -0.2) is 68.5 Å². The summed E-state index contributed by atoms with van der Waals surface area (Å²) in [6.07, 6.45) is -0.567. The van der Waals surface area contributed by atoms with Gasteiger partial charge in [-0.05, 0) is 55.3 Å². The Labute approximate surface area is 172 Å². The molecule has 1 aliphatic rings. The van der Waals surface area contributed by atoms with Crippen LogP contribution >= 0.6 is 0 Å². The summed E-state index contributed by atoms with van der Waals surface area (Å²) in [6, 6.07) is 13.2. The number of piperazine rings is 1. The number of β-amino-alcohol motifs (C(OH)–C–C–N with tert-alkyl or cyclic N) is 1. The first kappa shape index (κ1) is 21.1. The lowest BCUT2D eigenvalue weighted by Gasteiger charge is -2.37. The van der Waals surface area contributed by atoms with Gasteiger partial charge in [0.2, 0.25) is 0 Å². The van der Waals surface area contributed by atoms with E-state index in [-0.39, 0.29) is 12.6 Å². The van der Waals surface area contributed by atoms with Crippen LogP contribution in [0.4, 0.5) is 5.69 Å². The van der Waals surface area contributed by atoms with Gasteiger partial charge in [0.15, 0.2) is 0 Å². The third-order valence-electron chi connectivity index (χ3n) is 5.48. The first-order valence-electron chi connectivity index (χ1n) is 10.0. The predicted octanol–water partition coefficient (Wildman–Crippen LogP) is 2.65. The maximum absolute atomic E-state index is 11.4. The van der Waals surface area contributed by atoms with Gasteiger partial charge in [-0.3, -0.25) is 4.90 Å². The molecule has 1 unspecified atom stereocenters. The standard InChI is InChI=1S/C23H30N2O4/c1-17-5-4-6-22(18(17)2)25-13-11-24(12-14-25)15-20(26)16-29-21-9-7-19(8-10-21)23(27)28-3/h4-10,20,26H,11-16H2,1-3H3. The first-order chi connectivity index (χ1) is 14.0. The van der Waals surface area contributed by atoms with Gasteiger partial charge in [0.05, 0.1) is 12.7 Å². The molecule has 2 aromatic carbocycles. The SMILES string of the molecule is COC(=O)c1ccc(OCC(O)CN2CCN(c3cccc(C)c3C)CC2)cc1. The number of benzene rings is 2. The summed E-state index contributed by atoms with van der Waals surface area (Å²) in [5.41, 5.74) is 4.44. The number of anilines is 1. The second kappa shape index (κ2) is 9.76. The smallest absolute Gasteiger partial charge is 0.337 e. The van der Waals surface area contributed by atoms with E-state index in [4.69, 9.17) is 4.74 Å². The molecule has 0 spiro atoms. The van der Waals surface area contributed by atoms with Crippen molar-refractivity contribution in [2.75, 3.05) is 51.3 Å². The fourth-order valence-corrected chi connectivity index (χ4v) is 3.60. The Morgan fingerprint density at radius 3 is 2.41 bits per heavy atom. The van der Waals surface area contributed by atoms with Crippen molar-refractivity contribution in [3.63, 3.8) is 0 Å². The van der Waals surface area contributed by atoms with Crippen molar-refractivity contribution < 1.29 is 19.4 Å². The molecule has 0 aliphatic carbocycles. The Kier molecular flexibility index (Phi) is 7.12. The molecule has 1 fully saturated rings. The number of rotatable bonds is 7. The van der Waals surface area contributed by atoms with Crippen molar-refractivity contribution in [3.8, 4) is 5.75 Å². The average molecular weight is 399 g/mol. The maximum atomic E-state index is 11.4. The zero-order valence-corrected chi connectivity index (χ0v) is 17.4. The minimum absolute atomic E-state index is 0.217. The van der Waals surface area contributed by atoms with Gasteiger partial charge < -0.3 is 19.5 Å². The van der Waals surface area contributed by atoms with Crippen molar-refractivity contribution >= 4 is 11.7 Å². The van der Waals surface area contributed by atoms with Crippen molar-refractivity contribution in [3.05, 3.63) is 59.2 Å². The fourth-order valence-electron chi connectivity index (χ4n) is 3.60. The molecule has 29 heavy (non-hydrogen) atoms. The van der Waals surface area contributed by atoms with Gasteiger partial charge in [0.25, 0.3) is 0 Å². The van der Waals surface area contributed by atoms with Gasteiger partial charge in [-0.2, -0.15) is 0 Å². The summed E-state index contributed by atoms with van der Waals surface area (Å²) in [5, 5.41) is 10.4. The molecule has 6 nitrogen and oxygen atoms in total. The summed E-state index contributed by atoms with van der Waals surface area (Å²) in [4.78, 5) is 16.1. The summed E-state index contributed by atoms with van der Waals surface area (Å²) in [5.74, 6) is 0.244. The van der Waals surface area contributed by atoms with Crippen LogP contribution in [0, 0.1) is 13.8 Å². The molecule has 2 aromatic rings. The number of carbonyl (C=O) groups excluding carboxylic acids is 1. The number of aryl methyl sites for hydroxylation is 1. The molecule has 0 aromatic heterocycles. The largest absolute Gasteiger partial charge is 0.491 e. The number of aliphatic hydroxyl groups is 1. The van der Waals surface area contributed by atoms with Crippen LogP contribution in [0.5, 0.6) is 5.75 Å². The summed E-state index contributed by atoms with van der Waals surface area (Å²) in [6.45, 7) is 8.86. The van der Waals surface area contributed by atoms with Gasteiger partial charge in [-0.25, -0.2) is 4.79 Å². The third kappa shape index (κ3) is 5.49. The highest BCUT2D eigenvalue weighted by atomic mass is 16.5. The highest BCUT2D eigenvalue weighted by Gasteiger charge is 2.21. The molecule has 0 amide bonds. The lowest BCUT2D eigenvalue weighted by atomic mass is 10.1. The number of aliphatic hydroxyl groups excluding tert-OH is 1. The number of ether oxygens (including phenoxy) is 2. The molecule has 1 atom stereocenters. The van der Waals surface area contributed by atoms with E-state index in [9.17, 15) is 9.90 Å². The monoisotopic (exact) mass is 398 g/mol. The molecular weight excluding hydrogens is 368 g/mol. The molecule has 1 saturated heterocycles.